The zero-order chi connectivity index (χ0) is 14.7. The Morgan fingerprint density at radius 2 is 1.70 bits per heavy atom. The molecule has 106 valence electrons. The zero-order valence-electron chi connectivity index (χ0n) is 11.5. The highest BCUT2D eigenvalue weighted by Crippen LogP contribution is 2.34. The van der Waals surface area contributed by atoms with Crippen molar-refractivity contribution in [3.63, 3.8) is 0 Å². The molecule has 1 unspecified atom stereocenters. The summed E-state index contributed by atoms with van der Waals surface area (Å²) in [6.07, 6.45) is 1.07. The van der Waals surface area contributed by atoms with Gasteiger partial charge in [-0.1, -0.05) is 66.2 Å². The molecule has 0 saturated carbocycles. The summed E-state index contributed by atoms with van der Waals surface area (Å²) in [4.78, 5) is -0.131. The van der Waals surface area contributed by atoms with E-state index >= 15 is 0 Å². The van der Waals surface area contributed by atoms with Crippen LogP contribution in [0.2, 0.25) is 0 Å². The van der Waals surface area contributed by atoms with Gasteiger partial charge < -0.3 is 0 Å². The molecule has 0 nitrogen and oxygen atoms in total. The highest BCUT2D eigenvalue weighted by atomic mass is 79.9. The van der Waals surface area contributed by atoms with Crippen LogP contribution in [0.25, 0.3) is 0 Å². The third-order valence-electron chi connectivity index (χ3n) is 3.17. The SMILES string of the molecule is CC(C)Cc1ccc(C(Br)c2cccc(Br)c2F)cc1. The molecule has 0 N–H and O–H groups in total. The molecule has 2 aromatic rings. The van der Waals surface area contributed by atoms with Gasteiger partial charge in [0, 0.05) is 5.56 Å². The molecule has 0 amide bonds. The lowest BCUT2D eigenvalue weighted by Crippen LogP contribution is -1.99. The average molecular weight is 400 g/mol. The fourth-order valence-electron chi connectivity index (χ4n) is 2.19. The van der Waals surface area contributed by atoms with Crippen molar-refractivity contribution in [3.8, 4) is 0 Å². The Labute approximate surface area is 136 Å². The van der Waals surface area contributed by atoms with E-state index in [1.165, 1.54) is 5.56 Å². The van der Waals surface area contributed by atoms with Crippen LogP contribution in [0.4, 0.5) is 4.39 Å². The van der Waals surface area contributed by atoms with Crippen LogP contribution in [-0.4, -0.2) is 0 Å². The van der Waals surface area contributed by atoms with Crippen molar-refractivity contribution in [2.24, 2.45) is 5.92 Å². The lowest BCUT2D eigenvalue weighted by molar-refractivity contribution is 0.607. The van der Waals surface area contributed by atoms with Crippen LogP contribution in [0.15, 0.2) is 46.9 Å². The highest BCUT2D eigenvalue weighted by Gasteiger charge is 2.16. The first-order valence-corrected chi connectivity index (χ1v) is 8.36. The van der Waals surface area contributed by atoms with Gasteiger partial charge in [-0.15, -0.1) is 0 Å². The van der Waals surface area contributed by atoms with Crippen LogP contribution in [-0.2, 0) is 6.42 Å². The first-order valence-electron chi connectivity index (χ1n) is 6.66. The fourth-order valence-corrected chi connectivity index (χ4v) is 3.23. The Bertz CT molecular complexity index is 576. The van der Waals surface area contributed by atoms with Crippen molar-refractivity contribution in [1.29, 1.82) is 0 Å². The minimum absolute atomic E-state index is 0.131. The van der Waals surface area contributed by atoms with Crippen LogP contribution < -0.4 is 0 Å². The summed E-state index contributed by atoms with van der Waals surface area (Å²) in [6.45, 7) is 4.41. The van der Waals surface area contributed by atoms with Crippen molar-refractivity contribution >= 4 is 31.9 Å². The molecule has 0 heterocycles. The van der Waals surface area contributed by atoms with Gasteiger partial charge in [0.1, 0.15) is 5.82 Å². The second kappa shape index (κ2) is 6.86. The number of hydrogen-bond donors (Lipinski definition) is 0. The molecule has 0 fully saturated rings. The Kier molecular flexibility index (Phi) is 5.39. The molecule has 0 bridgehead atoms. The van der Waals surface area contributed by atoms with Gasteiger partial charge in [0.15, 0.2) is 0 Å². The molecule has 0 aliphatic rings. The Hall–Kier alpha value is -0.670. The minimum atomic E-state index is -0.208. The minimum Gasteiger partial charge on any atom is -0.205 e. The maximum atomic E-state index is 14.1. The van der Waals surface area contributed by atoms with Crippen molar-refractivity contribution < 1.29 is 4.39 Å². The van der Waals surface area contributed by atoms with Crippen LogP contribution >= 0.6 is 31.9 Å². The first-order chi connectivity index (χ1) is 9.49. The fraction of sp³-hybridized carbons (Fsp3) is 0.294. The lowest BCUT2D eigenvalue weighted by atomic mass is 9.99. The van der Waals surface area contributed by atoms with E-state index in [9.17, 15) is 4.39 Å². The highest BCUT2D eigenvalue weighted by molar-refractivity contribution is 9.10. The zero-order valence-corrected chi connectivity index (χ0v) is 14.7. The molecule has 0 aliphatic carbocycles. The van der Waals surface area contributed by atoms with Crippen LogP contribution in [0.5, 0.6) is 0 Å². The van der Waals surface area contributed by atoms with Crippen LogP contribution in [0, 0.1) is 11.7 Å². The molecule has 2 aromatic carbocycles. The maximum absolute atomic E-state index is 14.1. The van der Waals surface area contributed by atoms with E-state index in [1.807, 2.05) is 12.1 Å². The molecule has 0 aliphatic heterocycles. The topological polar surface area (TPSA) is 0 Å². The van der Waals surface area contributed by atoms with E-state index < -0.39 is 0 Å². The van der Waals surface area contributed by atoms with Crippen LogP contribution in [0.1, 0.15) is 35.4 Å². The number of halogens is 3. The van der Waals surface area contributed by atoms with E-state index in [1.54, 1.807) is 6.07 Å². The predicted molar refractivity (Wildman–Crippen MR) is 89.9 cm³/mol. The molecule has 0 spiro atoms. The average Bonchev–Trinajstić information content (AvgIpc) is 2.41. The van der Waals surface area contributed by atoms with Gasteiger partial charge in [-0.2, -0.15) is 0 Å². The number of alkyl halides is 1. The third-order valence-corrected chi connectivity index (χ3v) is 4.81. The molecular weight excluding hydrogens is 383 g/mol. The van der Waals surface area contributed by atoms with Gasteiger partial charge in [0.25, 0.3) is 0 Å². The Balaban J connectivity index is 2.25. The second-order valence-electron chi connectivity index (χ2n) is 5.35. The first kappa shape index (κ1) is 15.7. The van der Waals surface area contributed by atoms with Crippen molar-refractivity contribution in [2.75, 3.05) is 0 Å². The van der Waals surface area contributed by atoms with E-state index in [0.717, 1.165) is 12.0 Å². The number of benzene rings is 2. The summed E-state index contributed by atoms with van der Waals surface area (Å²) in [6, 6.07) is 13.8. The molecule has 1 atom stereocenters. The predicted octanol–water partition coefficient (Wildman–Crippen LogP) is 6.27. The van der Waals surface area contributed by atoms with Gasteiger partial charge >= 0.3 is 0 Å². The van der Waals surface area contributed by atoms with Crippen molar-refractivity contribution in [1.82, 2.24) is 0 Å². The second-order valence-corrected chi connectivity index (χ2v) is 7.12. The number of rotatable bonds is 4. The molecule has 3 heteroatoms. The van der Waals surface area contributed by atoms with Crippen molar-refractivity contribution in [2.45, 2.75) is 25.1 Å². The summed E-state index contributed by atoms with van der Waals surface area (Å²) in [5, 5.41) is 0. The normalized spacial score (nSPS) is 12.7. The number of hydrogen-bond acceptors (Lipinski definition) is 0. The van der Waals surface area contributed by atoms with Gasteiger partial charge in [-0.05, 0) is 45.5 Å². The summed E-state index contributed by atoms with van der Waals surface area (Å²) in [7, 11) is 0. The maximum Gasteiger partial charge on any atom is 0.142 e. The monoisotopic (exact) mass is 398 g/mol. The largest absolute Gasteiger partial charge is 0.205 e. The van der Waals surface area contributed by atoms with E-state index in [-0.39, 0.29) is 10.6 Å². The smallest absolute Gasteiger partial charge is 0.142 e. The van der Waals surface area contributed by atoms with Gasteiger partial charge in [-0.25, -0.2) is 4.39 Å². The van der Waals surface area contributed by atoms with Gasteiger partial charge in [-0.3, -0.25) is 0 Å². The summed E-state index contributed by atoms with van der Waals surface area (Å²) < 4.78 is 14.6. The van der Waals surface area contributed by atoms with E-state index in [4.69, 9.17) is 0 Å². The Morgan fingerprint density at radius 3 is 2.30 bits per heavy atom. The van der Waals surface area contributed by atoms with Gasteiger partial charge in [0.2, 0.25) is 0 Å². The molecule has 2 rings (SSSR count). The summed E-state index contributed by atoms with van der Waals surface area (Å²) >= 11 is 6.82. The van der Waals surface area contributed by atoms with Crippen LogP contribution in [0.3, 0.4) is 0 Å². The molecule has 0 aromatic heterocycles. The lowest BCUT2D eigenvalue weighted by Gasteiger charge is -2.13. The molecule has 0 radical (unpaired) electrons. The van der Waals surface area contributed by atoms with Crippen molar-refractivity contribution in [3.05, 3.63) is 69.4 Å². The molecule has 20 heavy (non-hydrogen) atoms. The van der Waals surface area contributed by atoms with E-state index in [2.05, 4.69) is 70.0 Å². The third kappa shape index (κ3) is 3.70. The molecule has 0 saturated heterocycles. The molecular formula is C17H17Br2F. The van der Waals surface area contributed by atoms with Gasteiger partial charge in [0.05, 0.1) is 9.30 Å². The van der Waals surface area contributed by atoms with E-state index in [0.29, 0.717) is 16.0 Å². The Morgan fingerprint density at radius 1 is 1.05 bits per heavy atom. The summed E-state index contributed by atoms with van der Waals surface area (Å²) in [5.74, 6) is 0.434. The summed E-state index contributed by atoms with van der Waals surface area (Å²) in [5.41, 5.74) is 3.03. The quantitative estimate of drug-likeness (QED) is 0.531. The standard InChI is InChI=1S/C17H17Br2F/c1-11(2)10-12-6-8-13(9-7-12)16(19)14-4-3-5-15(18)17(14)20/h3-9,11,16H,10H2,1-2H3.